The van der Waals surface area contributed by atoms with Crippen molar-refractivity contribution < 1.29 is 9.50 Å². The van der Waals surface area contributed by atoms with Gasteiger partial charge in [-0.1, -0.05) is 0 Å². The molecular formula is C13H14FN5O. The van der Waals surface area contributed by atoms with Gasteiger partial charge in [-0.15, -0.1) is 0 Å². The molecule has 0 unspecified atom stereocenters. The Morgan fingerprint density at radius 2 is 2.15 bits per heavy atom. The molecule has 0 aliphatic rings. The van der Waals surface area contributed by atoms with Crippen LogP contribution in [0.25, 0.3) is 0 Å². The van der Waals surface area contributed by atoms with Crippen molar-refractivity contribution in [2.24, 2.45) is 0 Å². The second-order valence-corrected chi connectivity index (χ2v) is 4.11. The molecule has 1 aromatic carbocycles. The maximum Gasteiger partial charge on any atom is 0.140 e. The van der Waals surface area contributed by atoms with Crippen molar-refractivity contribution in [3.05, 3.63) is 47.0 Å². The van der Waals surface area contributed by atoms with Gasteiger partial charge in [-0.2, -0.15) is 0 Å². The van der Waals surface area contributed by atoms with Gasteiger partial charge in [0.25, 0.3) is 0 Å². The van der Waals surface area contributed by atoms with Gasteiger partial charge in [-0.05, 0) is 23.8 Å². The molecule has 1 aromatic heterocycles. The van der Waals surface area contributed by atoms with Gasteiger partial charge in [0.05, 0.1) is 17.9 Å². The molecule has 2 rings (SSSR count). The lowest BCUT2D eigenvalue weighted by Crippen LogP contribution is -2.12. The van der Waals surface area contributed by atoms with Gasteiger partial charge in [0.2, 0.25) is 0 Å². The quantitative estimate of drug-likeness (QED) is 0.626. The molecule has 20 heavy (non-hydrogen) atoms. The van der Waals surface area contributed by atoms with E-state index < -0.39 is 5.82 Å². The van der Waals surface area contributed by atoms with Gasteiger partial charge in [0.15, 0.2) is 0 Å². The Bertz CT molecular complexity index is 659. The lowest BCUT2D eigenvalue weighted by atomic mass is 10.0. The Hall–Kier alpha value is -2.54. The molecule has 0 aliphatic carbocycles. The van der Waals surface area contributed by atoms with Gasteiger partial charge in [0.1, 0.15) is 23.8 Å². The van der Waals surface area contributed by atoms with Gasteiger partial charge in [0, 0.05) is 12.6 Å². The van der Waals surface area contributed by atoms with Crippen molar-refractivity contribution in [1.29, 1.82) is 5.41 Å². The molecule has 6 nitrogen and oxygen atoms in total. The summed E-state index contributed by atoms with van der Waals surface area (Å²) in [4.78, 5) is 7.83. The molecule has 0 spiro atoms. The summed E-state index contributed by atoms with van der Waals surface area (Å²) >= 11 is 0. The summed E-state index contributed by atoms with van der Waals surface area (Å²) in [6.45, 7) is -0.308. The van der Waals surface area contributed by atoms with Gasteiger partial charge >= 0.3 is 0 Å². The van der Waals surface area contributed by atoms with Crippen LogP contribution in [-0.4, -0.2) is 27.8 Å². The Balaban J connectivity index is 2.54. The van der Waals surface area contributed by atoms with E-state index in [9.17, 15) is 4.39 Å². The third-order valence-electron chi connectivity index (χ3n) is 2.79. The molecule has 0 fully saturated rings. The third kappa shape index (κ3) is 2.57. The highest BCUT2D eigenvalue weighted by atomic mass is 19.1. The number of aromatic nitrogens is 2. The normalized spacial score (nSPS) is 10.3. The minimum absolute atomic E-state index is 0.0124. The number of hydrogen-bond donors (Lipinski definition) is 4. The summed E-state index contributed by atoms with van der Waals surface area (Å²) in [6, 6.07) is 3.94. The highest BCUT2D eigenvalue weighted by molar-refractivity contribution is 6.16. The van der Waals surface area contributed by atoms with E-state index in [0.717, 1.165) is 0 Å². The Morgan fingerprint density at radius 3 is 2.80 bits per heavy atom. The number of aliphatic hydroxyl groups is 1. The third-order valence-corrected chi connectivity index (χ3v) is 2.79. The molecule has 2 aromatic rings. The smallest absolute Gasteiger partial charge is 0.140 e. The number of halogens is 1. The zero-order valence-electron chi connectivity index (χ0n) is 10.8. The predicted molar refractivity (Wildman–Crippen MR) is 74.2 cm³/mol. The molecule has 0 amide bonds. The van der Waals surface area contributed by atoms with Gasteiger partial charge in [-0.25, -0.2) is 14.4 Å². The van der Waals surface area contributed by atoms with Gasteiger partial charge in [-0.3, -0.25) is 5.41 Å². The van der Waals surface area contributed by atoms with Crippen molar-refractivity contribution in [2.45, 2.75) is 6.61 Å². The fourth-order valence-corrected chi connectivity index (χ4v) is 1.87. The first-order chi connectivity index (χ1) is 9.56. The molecule has 104 valence electrons. The standard InChI is InChI=1S/C13H14FN5O/c1-17-13-10(12(16)18-6-19-13)11(15)8-2-7(5-20)3-9(14)4-8/h2-4,6,15,20H,5H2,1H3,(H3,16,17,18,19). The van der Waals surface area contributed by atoms with Crippen molar-refractivity contribution in [2.75, 3.05) is 18.1 Å². The maximum absolute atomic E-state index is 13.5. The highest BCUT2D eigenvalue weighted by Gasteiger charge is 2.16. The van der Waals surface area contributed by atoms with Crippen molar-refractivity contribution in [3.8, 4) is 0 Å². The Morgan fingerprint density at radius 1 is 1.40 bits per heavy atom. The number of benzene rings is 1. The zero-order valence-corrected chi connectivity index (χ0v) is 10.8. The van der Waals surface area contributed by atoms with E-state index in [1.165, 1.54) is 24.5 Å². The minimum Gasteiger partial charge on any atom is -0.392 e. The highest BCUT2D eigenvalue weighted by Crippen LogP contribution is 2.22. The molecule has 0 radical (unpaired) electrons. The first-order valence-electron chi connectivity index (χ1n) is 5.84. The second kappa shape index (κ2) is 5.62. The van der Waals surface area contributed by atoms with Gasteiger partial charge < -0.3 is 16.2 Å². The van der Waals surface area contributed by atoms with Crippen LogP contribution in [0.5, 0.6) is 0 Å². The molecule has 1 heterocycles. The van der Waals surface area contributed by atoms with Crippen molar-refractivity contribution in [1.82, 2.24) is 9.97 Å². The number of rotatable bonds is 4. The van der Waals surface area contributed by atoms with Crippen LogP contribution in [0.15, 0.2) is 24.5 Å². The molecule has 7 heteroatoms. The molecular weight excluding hydrogens is 261 g/mol. The minimum atomic E-state index is -0.530. The van der Waals surface area contributed by atoms with Crippen LogP contribution < -0.4 is 11.1 Å². The van der Waals surface area contributed by atoms with Crippen LogP contribution in [0.3, 0.4) is 0 Å². The molecule has 0 saturated carbocycles. The fraction of sp³-hybridized carbons (Fsp3) is 0.154. The average Bonchev–Trinajstić information content (AvgIpc) is 2.45. The summed E-state index contributed by atoms with van der Waals surface area (Å²) < 4.78 is 13.5. The topological polar surface area (TPSA) is 108 Å². The van der Waals surface area contributed by atoms with Crippen LogP contribution in [0, 0.1) is 11.2 Å². The summed E-state index contributed by atoms with van der Waals surface area (Å²) in [5, 5.41) is 20.1. The number of nitrogen functional groups attached to an aromatic ring is 1. The second-order valence-electron chi connectivity index (χ2n) is 4.11. The van der Waals surface area contributed by atoms with E-state index in [1.54, 1.807) is 7.05 Å². The van der Waals surface area contributed by atoms with Crippen molar-refractivity contribution >= 4 is 17.3 Å². The van der Waals surface area contributed by atoms with Crippen LogP contribution in [0.2, 0.25) is 0 Å². The number of nitrogens with two attached hydrogens (primary N) is 1. The lowest BCUT2D eigenvalue weighted by Gasteiger charge is -2.12. The SMILES string of the molecule is CNc1ncnc(N)c1C(=N)c1cc(F)cc(CO)c1. The van der Waals surface area contributed by atoms with Crippen LogP contribution in [0.4, 0.5) is 16.0 Å². The first-order valence-corrected chi connectivity index (χ1v) is 5.84. The fourth-order valence-electron chi connectivity index (χ4n) is 1.87. The maximum atomic E-state index is 13.5. The van der Waals surface area contributed by atoms with E-state index in [-0.39, 0.29) is 18.1 Å². The summed E-state index contributed by atoms with van der Waals surface area (Å²) in [6.07, 6.45) is 1.28. The predicted octanol–water partition coefficient (Wildman–Crippen LogP) is 1.15. The van der Waals surface area contributed by atoms with E-state index in [2.05, 4.69) is 15.3 Å². The summed E-state index contributed by atoms with van der Waals surface area (Å²) in [5.41, 5.74) is 6.73. The lowest BCUT2D eigenvalue weighted by molar-refractivity contribution is 0.281. The van der Waals surface area contributed by atoms with Crippen LogP contribution >= 0.6 is 0 Å². The monoisotopic (exact) mass is 275 g/mol. The molecule has 0 bridgehead atoms. The number of aliphatic hydroxyl groups excluding tert-OH is 1. The number of nitrogens with one attached hydrogen (secondary N) is 2. The first kappa shape index (κ1) is 13.9. The Labute approximate surface area is 115 Å². The van der Waals surface area contributed by atoms with E-state index in [0.29, 0.717) is 22.5 Å². The van der Waals surface area contributed by atoms with Crippen molar-refractivity contribution in [3.63, 3.8) is 0 Å². The number of anilines is 2. The van der Waals surface area contributed by atoms with E-state index in [4.69, 9.17) is 16.2 Å². The van der Waals surface area contributed by atoms with Crippen LogP contribution in [0.1, 0.15) is 16.7 Å². The van der Waals surface area contributed by atoms with E-state index in [1.807, 2.05) is 0 Å². The van der Waals surface area contributed by atoms with E-state index >= 15 is 0 Å². The number of nitrogens with zero attached hydrogens (tertiary/aromatic N) is 2. The summed E-state index contributed by atoms with van der Waals surface area (Å²) in [7, 11) is 1.64. The molecule has 5 N–H and O–H groups in total. The number of hydrogen-bond acceptors (Lipinski definition) is 6. The Kier molecular flexibility index (Phi) is 3.90. The average molecular weight is 275 g/mol. The molecule has 0 atom stereocenters. The largest absolute Gasteiger partial charge is 0.392 e. The zero-order chi connectivity index (χ0) is 14.7. The van der Waals surface area contributed by atoms with Crippen LogP contribution in [-0.2, 0) is 6.61 Å². The summed E-state index contributed by atoms with van der Waals surface area (Å²) in [5.74, 6) is -0.0146. The molecule has 0 saturated heterocycles. The molecule has 0 aliphatic heterocycles.